The van der Waals surface area contributed by atoms with Gasteiger partial charge in [-0.1, -0.05) is 0 Å². The number of anilines is 1. The molecular formula is C12H19N3OS. The molecule has 0 saturated heterocycles. The minimum atomic E-state index is 0.587. The van der Waals surface area contributed by atoms with Gasteiger partial charge in [-0.15, -0.1) is 11.8 Å². The number of rotatable bonds is 6. The molecule has 0 aromatic carbocycles. The van der Waals surface area contributed by atoms with E-state index in [1.54, 1.807) is 18.9 Å². The largest absolute Gasteiger partial charge is 0.384 e. The SMILES string of the molecule is CNc1nc(C2CC2)nc(SCCOC)c1C. The van der Waals surface area contributed by atoms with Crippen LogP contribution in [-0.2, 0) is 4.74 Å². The van der Waals surface area contributed by atoms with E-state index in [2.05, 4.69) is 22.2 Å². The van der Waals surface area contributed by atoms with Crippen LogP contribution in [0, 0.1) is 6.92 Å². The fourth-order valence-corrected chi connectivity index (χ4v) is 2.56. The summed E-state index contributed by atoms with van der Waals surface area (Å²) in [6.07, 6.45) is 2.46. The van der Waals surface area contributed by atoms with Crippen molar-refractivity contribution in [3.8, 4) is 0 Å². The minimum absolute atomic E-state index is 0.587. The summed E-state index contributed by atoms with van der Waals surface area (Å²) >= 11 is 1.74. The van der Waals surface area contributed by atoms with Gasteiger partial charge in [-0.2, -0.15) is 0 Å². The van der Waals surface area contributed by atoms with Crippen LogP contribution >= 0.6 is 11.8 Å². The van der Waals surface area contributed by atoms with Crippen molar-refractivity contribution in [2.45, 2.75) is 30.7 Å². The van der Waals surface area contributed by atoms with E-state index >= 15 is 0 Å². The number of aromatic nitrogens is 2. The summed E-state index contributed by atoms with van der Waals surface area (Å²) in [5.74, 6) is 3.48. The summed E-state index contributed by atoms with van der Waals surface area (Å²) in [6.45, 7) is 2.82. The van der Waals surface area contributed by atoms with Gasteiger partial charge in [0.05, 0.1) is 6.61 Å². The Balaban J connectivity index is 2.18. The predicted molar refractivity (Wildman–Crippen MR) is 70.9 cm³/mol. The smallest absolute Gasteiger partial charge is 0.135 e. The number of thioether (sulfide) groups is 1. The molecule has 17 heavy (non-hydrogen) atoms. The highest BCUT2D eigenvalue weighted by Gasteiger charge is 2.28. The maximum Gasteiger partial charge on any atom is 0.135 e. The number of methoxy groups -OCH3 is 1. The quantitative estimate of drug-likeness (QED) is 0.479. The molecule has 1 aliphatic rings. The average Bonchev–Trinajstić information content (AvgIpc) is 3.15. The molecule has 0 bridgehead atoms. The second-order valence-electron chi connectivity index (χ2n) is 4.23. The number of nitrogens with zero attached hydrogens (tertiary/aromatic N) is 2. The summed E-state index contributed by atoms with van der Waals surface area (Å²) in [4.78, 5) is 9.25. The second-order valence-corrected chi connectivity index (χ2v) is 5.31. The normalized spacial score (nSPS) is 15.0. The molecule has 0 radical (unpaired) electrons. The average molecular weight is 253 g/mol. The van der Waals surface area contributed by atoms with Crippen LogP contribution in [0.1, 0.15) is 30.1 Å². The molecule has 0 unspecified atom stereocenters. The lowest BCUT2D eigenvalue weighted by Gasteiger charge is -2.11. The summed E-state index contributed by atoms with van der Waals surface area (Å²) in [5, 5.41) is 4.24. The van der Waals surface area contributed by atoms with Crippen molar-refractivity contribution in [1.29, 1.82) is 0 Å². The number of nitrogens with one attached hydrogen (secondary N) is 1. The molecule has 0 atom stereocenters. The van der Waals surface area contributed by atoms with Gasteiger partial charge in [-0.3, -0.25) is 0 Å². The van der Waals surface area contributed by atoms with Crippen molar-refractivity contribution >= 4 is 17.6 Å². The first-order chi connectivity index (χ1) is 8.26. The number of ether oxygens (including phenoxy) is 1. The van der Waals surface area contributed by atoms with Crippen molar-refractivity contribution in [3.05, 3.63) is 11.4 Å². The van der Waals surface area contributed by atoms with Gasteiger partial charge in [0.2, 0.25) is 0 Å². The second kappa shape index (κ2) is 5.69. The molecule has 0 amide bonds. The van der Waals surface area contributed by atoms with Crippen LogP contribution in [-0.4, -0.2) is 36.5 Å². The van der Waals surface area contributed by atoms with Gasteiger partial charge in [0.1, 0.15) is 16.7 Å². The molecule has 1 aliphatic carbocycles. The fraction of sp³-hybridized carbons (Fsp3) is 0.667. The molecule has 2 rings (SSSR count). The molecule has 5 heteroatoms. The van der Waals surface area contributed by atoms with Crippen LogP contribution < -0.4 is 5.32 Å². The Morgan fingerprint density at radius 3 is 2.76 bits per heavy atom. The van der Waals surface area contributed by atoms with Crippen molar-refractivity contribution in [1.82, 2.24) is 9.97 Å². The lowest BCUT2D eigenvalue weighted by atomic mass is 10.3. The van der Waals surface area contributed by atoms with Gasteiger partial charge in [-0.25, -0.2) is 9.97 Å². The zero-order valence-corrected chi connectivity index (χ0v) is 11.4. The lowest BCUT2D eigenvalue weighted by Crippen LogP contribution is -2.05. The summed E-state index contributed by atoms with van der Waals surface area (Å²) in [6, 6.07) is 0. The van der Waals surface area contributed by atoms with Gasteiger partial charge in [0, 0.05) is 31.4 Å². The molecule has 1 saturated carbocycles. The van der Waals surface area contributed by atoms with E-state index in [0.29, 0.717) is 5.92 Å². The van der Waals surface area contributed by atoms with Crippen LogP contribution in [0.15, 0.2) is 5.03 Å². The molecule has 1 heterocycles. The third-order valence-corrected chi connectivity index (χ3v) is 3.87. The molecule has 94 valence electrons. The highest BCUT2D eigenvalue weighted by atomic mass is 32.2. The van der Waals surface area contributed by atoms with Crippen LogP contribution in [0.25, 0.3) is 0 Å². The summed E-state index contributed by atoms with van der Waals surface area (Å²) in [7, 11) is 3.64. The van der Waals surface area contributed by atoms with E-state index in [4.69, 9.17) is 4.74 Å². The number of hydrogen-bond acceptors (Lipinski definition) is 5. The van der Waals surface area contributed by atoms with Crippen LogP contribution in [0.5, 0.6) is 0 Å². The zero-order valence-electron chi connectivity index (χ0n) is 10.6. The lowest BCUT2D eigenvalue weighted by molar-refractivity contribution is 0.218. The Morgan fingerprint density at radius 1 is 1.41 bits per heavy atom. The third kappa shape index (κ3) is 3.10. The van der Waals surface area contributed by atoms with Crippen LogP contribution in [0.4, 0.5) is 5.82 Å². The highest BCUT2D eigenvalue weighted by molar-refractivity contribution is 7.99. The first-order valence-electron chi connectivity index (χ1n) is 5.94. The highest BCUT2D eigenvalue weighted by Crippen LogP contribution is 2.39. The van der Waals surface area contributed by atoms with Gasteiger partial charge in [-0.05, 0) is 19.8 Å². The Hall–Kier alpha value is -0.810. The Morgan fingerprint density at radius 2 is 2.18 bits per heavy atom. The maximum atomic E-state index is 5.07. The molecule has 0 aliphatic heterocycles. The van der Waals surface area contributed by atoms with E-state index in [-0.39, 0.29) is 0 Å². The zero-order chi connectivity index (χ0) is 12.3. The summed E-state index contributed by atoms with van der Waals surface area (Å²) < 4.78 is 5.07. The van der Waals surface area contributed by atoms with E-state index in [9.17, 15) is 0 Å². The maximum absolute atomic E-state index is 5.07. The van der Waals surface area contributed by atoms with Crippen LogP contribution in [0.2, 0.25) is 0 Å². The molecule has 4 nitrogen and oxygen atoms in total. The molecular weight excluding hydrogens is 234 g/mol. The summed E-state index contributed by atoms with van der Waals surface area (Å²) in [5.41, 5.74) is 1.14. The Kier molecular flexibility index (Phi) is 4.23. The van der Waals surface area contributed by atoms with Gasteiger partial charge < -0.3 is 10.1 Å². The third-order valence-electron chi connectivity index (χ3n) is 2.82. The first kappa shape index (κ1) is 12.6. The van der Waals surface area contributed by atoms with Gasteiger partial charge >= 0.3 is 0 Å². The predicted octanol–water partition coefficient (Wildman–Crippen LogP) is 2.44. The van der Waals surface area contributed by atoms with Crippen molar-refractivity contribution in [3.63, 3.8) is 0 Å². The molecule has 1 N–H and O–H groups in total. The minimum Gasteiger partial charge on any atom is -0.384 e. The standard InChI is InChI=1S/C12H19N3OS/c1-8-10(13-2)14-11(9-4-5-9)15-12(8)17-7-6-16-3/h9H,4-7H2,1-3H3,(H,13,14,15). The van der Waals surface area contributed by atoms with E-state index in [1.165, 1.54) is 12.8 Å². The Labute approximate surface area is 107 Å². The van der Waals surface area contributed by atoms with Gasteiger partial charge in [0.15, 0.2) is 0 Å². The van der Waals surface area contributed by atoms with E-state index in [0.717, 1.165) is 34.6 Å². The van der Waals surface area contributed by atoms with E-state index in [1.807, 2.05) is 7.05 Å². The first-order valence-corrected chi connectivity index (χ1v) is 6.92. The molecule has 1 aromatic heterocycles. The Bertz CT molecular complexity index is 394. The molecule has 1 aromatic rings. The van der Waals surface area contributed by atoms with Crippen molar-refractivity contribution < 1.29 is 4.74 Å². The number of hydrogen-bond donors (Lipinski definition) is 1. The molecule has 0 spiro atoms. The van der Waals surface area contributed by atoms with Crippen molar-refractivity contribution in [2.75, 3.05) is 31.8 Å². The van der Waals surface area contributed by atoms with Gasteiger partial charge in [0.25, 0.3) is 0 Å². The van der Waals surface area contributed by atoms with Crippen LogP contribution in [0.3, 0.4) is 0 Å². The van der Waals surface area contributed by atoms with E-state index < -0.39 is 0 Å². The monoisotopic (exact) mass is 253 g/mol. The topological polar surface area (TPSA) is 47.0 Å². The van der Waals surface area contributed by atoms with Crippen molar-refractivity contribution in [2.24, 2.45) is 0 Å². The fourth-order valence-electron chi connectivity index (χ4n) is 1.64. The molecule has 1 fully saturated rings.